The van der Waals surface area contributed by atoms with Gasteiger partial charge in [-0.25, -0.2) is 4.98 Å². The van der Waals surface area contributed by atoms with Gasteiger partial charge in [0, 0.05) is 6.07 Å². The third-order valence-electron chi connectivity index (χ3n) is 1.63. The molecule has 3 nitrogen and oxygen atoms in total. The van der Waals surface area contributed by atoms with Crippen LogP contribution < -0.4 is 4.74 Å². The Morgan fingerprint density at radius 2 is 2.08 bits per heavy atom. The van der Waals surface area contributed by atoms with Crippen LogP contribution in [-0.4, -0.2) is 17.2 Å². The third kappa shape index (κ3) is 1.67. The van der Waals surface area contributed by atoms with Gasteiger partial charge in [0.05, 0.1) is 12.8 Å². The quantitative estimate of drug-likeness (QED) is 0.731. The van der Waals surface area contributed by atoms with E-state index >= 15 is 0 Å². The number of methoxy groups -OCH3 is 1. The van der Waals surface area contributed by atoms with Crippen molar-refractivity contribution < 1.29 is 9.84 Å². The normalized spacial score (nSPS) is 10.3. The van der Waals surface area contributed by atoms with Crippen molar-refractivity contribution in [1.29, 1.82) is 0 Å². The molecule has 1 heterocycles. The smallest absolute Gasteiger partial charge is 0.213 e. The van der Waals surface area contributed by atoms with Crippen LogP contribution in [0.15, 0.2) is 12.1 Å². The average molecular weight is 167 g/mol. The second-order valence-corrected chi connectivity index (χ2v) is 2.91. The molecule has 0 fully saturated rings. The van der Waals surface area contributed by atoms with Crippen LogP contribution in [-0.2, 0) is 0 Å². The second-order valence-electron chi connectivity index (χ2n) is 2.91. The Bertz CT molecular complexity index is 271. The molecular formula is C9H13NO2. The molecule has 3 heteroatoms. The summed E-state index contributed by atoms with van der Waals surface area (Å²) in [4.78, 5) is 4.12. The Balaban J connectivity index is 3.08. The first-order valence-electron chi connectivity index (χ1n) is 3.89. The number of rotatable bonds is 2. The summed E-state index contributed by atoms with van der Waals surface area (Å²) >= 11 is 0. The van der Waals surface area contributed by atoms with Gasteiger partial charge in [-0.1, -0.05) is 13.8 Å². The molecule has 12 heavy (non-hydrogen) atoms. The van der Waals surface area contributed by atoms with Crippen LogP contribution in [0.3, 0.4) is 0 Å². The van der Waals surface area contributed by atoms with Crippen molar-refractivity contribution in [3.63, 3.8) is 0 Å². The summed E-state index contributed by atoms with van der Waals surface area (Å²) in [6.45, 7) is 3.95. The zero-order valence-corrected chi connectivity index (χ0v) is 7.53. The summed E-state index contributed by atoms with van der Waals surface area (Å²) in [5.74, 6) is 0.974. The maximum absolute atomic E-state index is 9.38. The molecule has 0 spiro atoms. The molecule has 1 rings (SSSR count). The summed E-state index contributed by atoms with van der Waals surface area (Å²) < 4.78 is 4.94. The van der Waals surface area contributed by atoms with Gasteiger partial charge >= 0.3 is 0 Å². The van der Waals surface area contributed by atoms with Gasteiger partial charge in [0.15, 0.2) is 0 Å². The van der Waals surface area contributed by atoms with E-state index in [1.807, 2.05) is 13.8 Å². The standard InChI is InChI=1S/C9H13NO2/c1-6(2)9-7(11)4-5-8(10-9)12-3/h4-6,11H,1-3H3. The van der Waals surface area contributed by atoms with E-state index in [9.17, 15) is 5.11 Å². The van der Waals surface area contributed by atoms with Crippen molar-refractivity contribution in [1.82, 2.24) is 4.98 Å². The van der Waals surface area contributed by atoms with Crippen LogP contribution in [0.4, 0.5) is 0 Å². The minimum Gasteiger partial charge on any atom is -0.506 e. The highest BCUT2D eigenvalue weighted by Crippen LogP contribution is 2.25. The molecule has 1 aromatic heterocycles. The monoisotopic (exact) mass is 167 g/mol. The number of pyridine rings is 1. The van der Waals surface area contributed by atoms with Gasteiger partial charge in [0.25, 0.3) is 0 Å². The minimum atomic E-state index is 0.208. The van der Waals surface area contributed by atoms with Crippen LogP contribution in [0, 0.1) is 0 Å². The van der Waals surface area contributed by atoms with Crippen molar-refractivity contribution in [3.05, 3.63) is 17.8 Å². The van der Waals surface area contributed by atoms with Crippen LogP contribution in [0.2, 0.25) is 0 Å². The van der Waals surface area contributed by atoms with Crippen molar-refractivity contribution in [2.45, 2.75) is 19.8 Å². The highest BCUT2D eigenvalue weighted by Gasteiger charge is 2.08. The highest BCUT2D eigenvalue weighted by atomic mass is 16.5. The third-order valence-corrected chi connectivity index (χ3v) is 1.63. The molecule has 1 N–H and O–H groups in total. The van der Waals surface area contributed by atoms with Crippen molar-refractivity contribution >= 4 is 0 Å². The molecule has 0 atom stereocenters. The lowest BCUT2D eigenvalue weighted by Crippen LogP contribution is -1.95. The van der Waals surface area contributed by atoms with E-state index in [2.05, 4.69) is 4.98 Å². The Labute approximate surface area is 72.0 Å². The van der Waals surface area contributed by atoms with Gasteiger partial charge in [0.2, 0.25) is 5.88 Å². The number of hydrogen-bond donors (Lipinski definition) is 1. The molecule has 0 aromatic carbocycles. The predicted molar refractivity (Wildman–Crippen MR) is 46.5 cm³/mol. The average Bonchev–Trinajstić information content (AvgIpc) is 2.05. The first-order chi connectivity index (χ1) is 5.65. The van der Waals surface area contributed by atoms with Crippen molar-refractivity contribution in [3.8, 4) is 11.6 Å². The van der Waals surface area contributed by atoms with E-state index in [-0.39, 0.29) is 11.7 Å². The Hall–Kier alpha value is -1.25. The molecule has 0 saturated heterocycles. The fraction of sp³-hybridized carbons (Fsp3) is 0.444. The van der Waals surface area contributed by atoms with Gasteiger partial charge in [-0.2, -0.15) is 0 Å². The molecule has 0 radical (unpaired) electrons. The summed E-state index contributed by atoms with van der Waals surface area (Å²) in [7, 11) is 1.56. The maximum Gasteiger partial charge on any atom is 0.213 e. The SMILES string of the molecule is COc1ccc(O)c(C(C)C)n1. The molecule has 0 amide bonds. The van der Waals surface area contributed by atoms with E-state index in [0.29, 0.717) is 11.6 Å². The molecular weight excluding hydrogens is 154 g/mol. The fourth-order valence-electron chi connectivity index (χ4n) is 0.987. The number of hydrogen-bond acceptors (Lipinski definition) is 3. The Morgan fingerprint density at radius 3 is 2.58 bits per heavy atom. The zero-order valence-electron chi connectivity index (χ0n) is 7.53. The van der Waals surface area contributed by atoms with E-state index in [0.717, 1.165) is 0 Å². The minimum absolute atomic E-state index is 0.208. The number of nitrogens with zero attached hydrogens (tertiary/aromatic N) is 1. The zero-order chi connectivity index (χ0) is 9.14. The molecule has 0 saturated carbocycles. The van der Waals surface area contributed by atoms with E-state index in [1.54, 1.807) is 19.2 Å². The van der Waals surface area contributed by atoms with Crippen LogP contribution in [0.1, 0.15) is 25.5 Å². The molecule has 1 aromatic rings. The fourth-order valence-corrected chi connectivity index (χ4v) is 0.987. The first-order valence-corrected chi connectivity index (χ1v) is 3.89. The largest absolute Gasteiger partial charge is 0.506 e. The molecule has 66 valence electrons. The van der Waals surface area contributed by atoms with Crippen molar-refractivity contribution in [2.24, 2.45) is 0 Å². The Morgan fingerprint density at radius 1 is 1.42 bits per heavy atom. The molecule has 0 bridgehead atoms. The van der Waals surface area contributed by atoms with Crippen molar-refractivity contribution in [2.75, 3.05) is 7.11 Å². The van der Waals surface area contributed by atoms with Crippen LogP contribution in [0.5, 0.6) is 11.6 Å². The predicted octanol–water partition coefficient (Wildman–Crippen LogP) is 1.92. The van der Waals surface area contributed by atoms with Gasteiger partial charge in [-0.3, -0.25) is 0 Å². The van der Waals surface area contributed by atoms with Gasteiger partial charge in [-0.15, -0.1) is 0 Å². The summed E-state index contributed by atoms with van der Waals surface area (Å²) in [6, 6.07) is 3.24. The van der Waals surface area contributed by atoms with E-state index < -0.39 is 0 Å². The molecule has 0 unspecified atom stereocenters. The van der Waals surface area contributed by atoms with E-state index in [4.69, 9.17) is 4.74 Å². The second kappa shape index (κ2) is 3.43. The number of ether oxygens (including phenoxy) is 1. The van der Waals surface area contributed by atoms with Crippen LogP contribution >= 0.6 is 0 Å². The summed E-state index contributed by atoms with van der Waals surface area (Å²) in [5.41, 5.74) is 0.675. The summed E-state index contributed by atoms with van der Waals surface area (Å²) in [6.07, 6.45) is 0. The Kier molecular flexibility index (Phi) is 2.53. The molecule has 0 aliphatic rings. The lowest BCUT2D eigenvalue weighted by molar-refractivity contribution is 0.389. The van der Waals surface area contributed by atoms with Gasteiger partial charge < -0.3 is 9.84 Å². The summed E-state index contributed by atoms with van der Waals surface area (Å²) in [5, 5.41) is 9.38. The highest BCUT2D eigenvalue weighted by molar-refractivity contribution is 5.32. The molecule has 0 aliphatic carbocycles. The maximum atomic E-state index is 9.38. The van der Waals surface area contributed by atoms with Gasteiger partial charge in [0.1, 0.15) is 5.75 Å². The topological polar surface area (TPSA) is 42.4 Å². The number of aromatic hydroxyl groups is 1. The molecule has 0 aliphatic heterocycles. The van der Waals surface area contributed by atoms with Gasteiger partial charge in [-0.05, 0) is 12.0 Å². The van der Waals surface area contributed by atoms with E-state index in [1.165, 1.54) is 0 Å². The van der Waals surface area contributed by atoms with Crippen LogP contribution in [0.25, 0.3) is 0 Å². The number of aromatic nitrogens is 1. The lowest BCUT2D eigenvalue weighted by Gasteiger charge is -2.08. The first kappa shape index (κ1) is 8.84. The lowest BCUT2D eigenvalue weighted by atomic mass is 10.1.